The maximum absolute atomic E-state index is 6.40. The lowest BCUT2D eigenvalue weighted by molar-refractivity contribution is 0.183. The lowest BCUT2D eigenvalue weighted by atomic mass is 10.1. The van der Waals surface area contributed by atoms with Crippen LogP contribution in [0.4, 0.5) is 0 Å². The third-order valence-electron chi connectivity index (χ3n) is 4.98. The summed E-state index contributed by atoms with van der Waals surface area (Å²) in [7, 11) is 0. The van der Waals surface area contributed by atoms with Gasteiger partial charge in [-0.25, -0.2) is 0 Å². The van der Waals surface area contributed by atoms with Crippen molar-refractivity contribution in [1.82, 2.24) is 9.80 Å². The number of hydrogen-bond acceptors (Lipinski definition) is 3. The molecule has 0 bridgehead atoms. The monoisotopic (exact) mass is 287 g/mol. The van der Waals surface area contributed by atoms with Crippen molar-refractivity contribution in [1.29, 1.82) is 0 Å². The zero-order valence-electron chi connectivity index (χ0n) is 13.1. The molecule has 116 valence electrons. The van der Waals surface area contributed by atoms with Crippen LogP contribution in [0.1, 0.15) is 31.2 Å². The van der Waals surface area contributed by atoms with E-state index in [0.29, 0.717) is 0 Å². The van der Waals surface area contributed by atoms with E-state index >= 15 is 0 Å². The standard InChI is InChI=1S/C18H29N3/c19-17(13-16-7-2-1-3-8-16)14-21-12-6-9-18(21)15-20-10-4-5-11-20/h1-3,7-8,17-18H,4-6,9-15,19H2/t17-,18-/m0/s1. The average Bonchev–Trinajstić information content (AvgIpc) is 3.13. The summed E-state index contributed by atoms with van der Waals surface area (Å²) in [5, 5.41) is 0. The van der Waals surface area contributed by atoms with E-state index < -0.39 is 0 Å². The maximum atomic E-state index is 6.40. The summed E-state index contributed by atoms with van der Waals surface area (Å²) in [5.41, 5.74) is 7.76. The van der Waals surface area contributed by atoms with Gasteiger partial charge in [0.05, 0.1) is 0 Å². The molecule has 3 nitrogen and oxygen atoms in total. The molecule has 0 aromatic heterocycles. The second-order valence-corrected chi connectivity index (χ2v) is 6.75. The molecule has 2 saturated heterocycles. The number of rotatable bonds is 6. The first-order chi connectivity index (χ1) is 10.3. The van der Waals surface area contributed by atoms with E-state index in [1.807, 2.05) is 0 Å². The SMILES string of the molecule is N[C@@H](Cc1ccccc1)CN1CCC[C@H]1CN1CCCC1. The molecular weight excluding hydrogens is 258 g/mol. The molecule has 2 heterocycles. The second-order valence-electron chi connectivity index (χ2n) is 6.75. The number of nitrogens with zero attached hydrogens (tertiary/aromatic N) is 2. The molecule has 0 unspecified atom stereocenters. The lowest BCUT2D eigenvalue weighted by Crippen LogP contribution is -2.45. The fourth-order valence-corrected chi connectivity index (χ4v) is 3.89. The molecule has 2 fully saturated rings. The Hall–Kier alpha value is -0.900. The van der Waals surface area contributed by atoms with Gasteiger partial charge in [-0.05, 0) is 57.3 Å². The van der Waals surface area contributed by atoms with Crippen molar-refractivity contribution in [2.24, 2.45) is 5.73 Å². The normalized spacial score (nSPS) is 25.5. The molecule has 2 aliphatic heterocycles. The Bertz CT molecular complexity index is 414. The molecular formula is C18H29N3. The lowest BCUT2D eigenvalue weighted by Gasteiger charge is -2.30. The van der Waals surface area contributed by atoms with Crippen LogP contribution in [-0.2, 0) is 6.42 Å². The largest absolute Gasteiger partial charge is 0.326 e. The fourth-order valence-electron chi connectivity index (χ4n) is 3.89. The van der Waals surface area contributed by atoms with Gasteiger partial charge in [-0.3, -0.25) is 4.90 Å². The molecule has 0 aliphatic carbocycles. The van der Waals surface area contributed by atoms with Crippen LogP contribution in [0.5, 0.6) is 0 Å². The van der Waals surface area contributed by atoms with Gasteiger partial charge < -0.3 is 10.6 Å². The minimum Gasteiger partial charge on any atom is -0.326 e. The van der Waals surface area contributed by atoms with Gasteiger partial charge in [-0.1, -0.05) is 30.3 Å². The fraction of sp³-hybridized carbons (Fsp3) is 0.667. The minimum atomic E-state index is 0.256. The molecule has 0 radical (unpaired) electrons. The third-order valence-corrected chi connectivity index (χ3v) is 4.98. The Labute approximate surface area is 129 Å². The zero-order valence-corrected chi connectivity index (χ0v) is 13.1. The predicted molar refractivity (Wildman–Crippen MR) is 88.4 cm³/mol. The van der Waals surface area contributed by atoms with Gasteiger partial charge in [0.2, 0.25) is 0 Å². The van der Waals surface area contributed by atoms with E-state index in [4.69, 9.17) is 5.73 Å². The van der Waals surface area contributed by atoms with Gasteiger partial charge in [0, 0.05) is 25.2 Å². The Balaban J connectivity index is 1.48. The Morgan fingerprint density at radius 1 is 1.05 bits per heavy atom. The summed E-state index contributed by atoms with van der Waals surface area (Å²) < 4.78 is 0. The molecule has 0 amide bonds. The quantitative estimate of drug-likeness (QED) is 0.870. The molecule has 0 spiro atoms. The van der Waals surface area contributed by atoms with Crippen LogP contribution in [0.25, 0.3) is 0 Å². The van der Waals surface area contributed by atoms with Crippen molar-refractivity contribution in [3.63, 3.8) is 0 Å². The van der Waals surface area contributed by atoms with Crippen molar-refractivity contribution in [2.75, 3.05) is 32.7 Å². The van der Waals surface area contributed by atoms with E-state index in [9.17, 15) is 0 Å². The molecule has 1 aromatic carbocycles. The van der Waals surface area contributed by atoms with Crippen LogP contribution in [-0.4, -0.2) is 54.6 Å². The van der Waals surface area contributed by atoms with Crippen molar-refractivity contribution >= 4 is 0 Å². The summed E-state index contributed by atoms with van der Waals surface area (Å²) in [6, 6.07) is 11.7. The predicted octanol–water partition coefficient (Wildman–Crippen LogP) is 2.12. The van der Waals surface area contributed by atoms with E-state index in [1.165, 1.54) is 57.4 Å². The third kappa shape index (κ3) is 4.29. The molecule has 2 atom stereocenters. The highest BCUT2D eigenvalue weighted by molar-refractivity contribution is 5.15. The zero-order chi connectivity index (χ0) is 14.5. The maximum Gasteiger partial charge on any atom is 0.0224 e. The summed E-state index contributed by atoms with van der Waals surface area (Å²) in [6.45, 7) is 6.16. The van der Waals surface area contributed by atoms with Crippen molar-refractivity contribution in [2.45, 2.75) is 44.2 Å². The highest BCUT2D eigenvalue weighted by Crippen LogP contribution is 2.20. The van der Waals surface area contributed by atoms with Gasteiger partial charge in [0.1, 0.15) is 0 Å². The summed E-state index contributed by atoms with van der Waals surface area (Å²) in [6.07, 6.45) is 6.47. The minimum absolute atomic E-state index is 0.256. The van der Waals surface area contributed by atoms with E-state index in [0.717, 1.165) is 19.0 Å². The number of likely N-dealkylation sites (tertiary alicyclic amines) is 2. The van der Waals surface area contributed by atoms with E-state index in [2.05, 4.69) is 40.1 Å². The summed E-state index contributed by atoms with van der Waals surface area (Å²) in [4.78, 5) is 5.29. The topological polar surface area (TPSA) is 32.5 Å². The van der Waals surface area contributed by atoms with Crippen LogP contribution in [0, 0.1) is 0 Å². The second kappa shape index (κ2) is 7.39. The van der Waals surface area contributed by atoms with Gasteiger partial charge in [-0.2, -0.15) is 0 Å². The van der Waals surface area contributed by atoms with E-state index in [1.54, 1.807) is 0 Å². The van der Waals surface area contributed by atoms with Crippen LogP contribution in [0.2, 0.25) is 0 Å². The smallest absolute Gasteiger partial charge is 0.0224 e. The molecule has 0 saturated carbocycles. The van der Waals surface area contributed by atoms with Crippen LogP contribution in [0.3, 0.4) is 0 Å². The van der Waals surface area contributed by atoms with Gasteiger partial charge in [0.15, 0.2) is 0 Å². The van der Waals surface area contributed by atoms with Crippen LogP contribution in [0.15, 0.2) is 30.3 Å². The number of nitrogens with two attached hydrogens (primary N) is 1. The van der Waals surface area contributed by atoms with Gasteiger partial charge in [-0.15, -0.1) is 0 Å². The molecule has 21 heavy (non-hydrogen) atoms. The van der Waals surface area contributed by atoms with Crippen LogP contribution >= 0.6 is 0 Å². The number of hydrogen-bond donors (Lipinski definition) is 1. The van der Waals surface area contributed by atoms with Gasteiger partial charge in [0.25, 0.3) is 0 Å². The van der Waals surface area contributed by atoms with Crippen LogP contribution < -0.4 is 5.73 Å². The van der Waals surface area contributed by atoms with E-state index in [-0.39, 0.29) is 6.04 Å². The average molecular weight is 287 g/mol. The molecule has 1 aromatic rings. The first kappa shape index (κ1) is 15.0. The molecule has 3 heteroatoms. The summed E-state index contributed by atoms with van der Waals surface area (Å²) >= 11 is 0. The first-order valence-corrected chi connectivity index (χ1v) is 8.57. The molecule has 2 N–H and O–H groups in total. The van der Waals surface area contributed by atoms with Crippen molar-refractivity contribution in [3.8, 4) is 0 Å². The molecule has 3 rings (SSSR count). The summed E-state index contributed by atoms with van der Waals surface area (Å²) in [5.74, 6) is 0. The molecule has 2 aliphatic rings. The highest BCUT2D eigenvalue weighted by Gasteiger charge is 2.28. The van der Waals surface area contributed by atoms with Gasteiger partial charge >= 0.3 is 0 Å². The highest BCUT2D eigenvalue weighted by atomic mass is 15.2. The van der Waals surface area contributed by atoms with Crippen molar-refractivity contribution in [3.05, 3.63) is 35.9 Å². The Morgan fingerprint density at radius 3 is 2.57 bits per heavy atom. The Kier molecular flexibility index (Phi) is 5.28. The van der Waals surface area contributed by atoms with Crippen molar-refractivity contribution < 1.29 is 0 Å². The number of benzene rings is 1. The first-order valence-electron chi connectivity index (χ1n) is 8.57. The Morgan fingerprint density at radius 2 is 1.81 bits per heavy atom.